The van der Waals surface area contributed by atoms with E-state index in [1.807, 2.05) is 30.3 Å². The normalized spacial score (nSPS) is 12.3. The van der Waals surface area contributed by atoms with Crippen LogP contribution in [0.5, 0.6) is 5.75 Å². The molecule has 0 bridgehead atoms. The van der Waals surface area contributed by atoms with Crippen molar-refractivity contribution in [3.63, 3.8) is 0 Å². The number of para-hydroxylation sites is 1. The highest BCUT2D eigenvalue weighted by Gasteiger charge is 2.11. The fourth-order valence-corrected chi connectivity index (χ4v) is 3.86. The molecule has 0 saturated carbocycles. The van der Waals surface area contributed by atoms with E-state index in [1.54, 1.807) is 0 Å². The van der Waals surface area contributed by atoms with Gasteiger partial charge in [-0.3, -0.25) is 0 Å². The minimum Gasteiger partial charge on any atom is -0.490 e. The molecule has 1 heterocycles. The second kappa shape index (κ2) is 8.10. The summed E-state index contributed by atoms with van der Waals surface area (Å²) in [5.74, 6) is 0.797. The molecule has 0 aliphatic rings. The Kier molecular flexibility index (Phi) is 5.86. The molecule has 0 spiro atoms. The molecule has 0 aliphatic heterocycles. The Morgan fingerprint density at radius 2 is 1.92 bits per heavy atom. The molecule has 0 aliphatic carbocycles. The van der Waals surface area contributed by atoms with Gasteiger partial charge < -0.3 is 20.1 Å². The van der Waals surface area contributed by atoms with E-state index in [2.05, 4.69) is 58.9 Å². The number of rotatable bonds is 7. The fourth-order valence-electron chi connectivity index (χ4n) is 2.83. The van der Waals surface area contributed by atoms with Crippen molar-refractivity contribution in [2.24, 2.45) is 0 Å². The van der Waals surface area contributed by atoms with Gasteiger partial charge in [-0.2, -0.15) is 0 Å². The molecule has 0 fully saturated rings. The van der Waals surface area contributed by atoms with Crippen LogP contribution in [-0.2, 0) is 0 Å². The number of H-pyrrole nitrogens is 1. The van der Waals surface area contributed by atoms with Crippen molar-refractivity contribution < 1.29 is 9.84 Å². The number of aliphatic hydroxyl groups excluding tert-OH is 1. The smallest absolute Gasteiger partial charge is 0.129 e. The Morgan fingerprint density at radius 3 is 2.68 bits per heavy atom. The molecule has 1 atom stereocenters. The zero-order valence-corrected chi connectivity index (χ0v) is 16.6. The van der Waals surface area contributed by atoms with E-state index in [-0.39, 0.29) is 6.61 Å². The van der Waals surface area contributed by atoms with Gasteiger partial charge in [-0.1, -0.05) is 52.4 Å². The van der Waals surface area contributed by atoms with Gasteiger partial charge in [0.2, 0.25) is 0 Å². The second-order valence-electron chi connectivity index (χ2n) is 6.31. The molecule has 0 amide bonds. The van der Waals surface area contributed by atoms with E-state index in [0.29, 0.717) is 6.54 Å². The molecule has 132 valence electrons. The van der Waals surface area contributed by atoms with Crippen LogP contribution in [0, 0.1) is 0 Å². The summed E-state index contributed by atoms with van der Waals surface area (Å²) < 4.78 is 6.85. The van der Waals surface area contributed by atoms with Gasteiger partial charge in [0.1, 0.15) is 18.5 Å². The number of halogens is 1. The predicted molar refractivity (Wildman–Crippen MR) is 113 cm³/mol. The summed E-state index contributed by atoms with van der Waals surface area (Å²) in [6.45, 7) is 4.87. The highest BCUT2D eigenvalue weighted by atomic mass is 127. The minimum atomic E-state index is -0.572. The number of benzene rings is 2. The summed E-state index contributed by atoms with van der Waals surface area (Å²) in [4.78, 5) is 3.40. The van der Waals surface area contributed by atoms with Gasteiger partial charge in [-0.15, -0.1) is 0 Å². The summed E-state index contributed by atoms with van der Waals surface area (Å²) in [5.41, 5.74) is 4.54. The maximum absolute atomic E-state index is 10.3. The number of ether oxygens (including phenoxy) is 1. The second-order valence-corrected chi connectivity index (χ2v) is 7.07. The first-order valence-corrected chi connectivity index (χ1v) is 9.89. The molecule has 0 saturated heterocycles. The third-order valence-electron chi connectivity index (χ3n) is 4.21. The van der Waals surface area contributed by atoms with Crippen LogP contribution >= 0.6 is 22.6 Å². The van der Waals surface area contributed by atoms with Gasteiger partial charge in [0.05, 0.1) is 5.52 Å². The number of fused-ring (bicyclic) bond motifs is 3. The highest BCUT2D eigenvalue weighted by molar-refractivity contribution is 14.1. The standard InChI is InChI=1S/C20H23IN2O2/c1-13(2)18(10-21)22-11-14(24)12-25-19-9-5-8-17-20(19)15-6-3-4-7-16(15)23-17/h3-9,14,22-24H,10-12H2,1-2H3. The van der Waals surface area contributed by atoms with Crippen molar-refractivity contribution in [1.82, 2.24) is 10.3 Å². The van der Waals surface area contributed by atoms with Crippen molar-refractivity contribution in [3.8, 4) is 5.75 Å². The topological polar surface area (TPSA) is 57.3 Å². The molecule has 4 nitrogen and oxygen atoms in total. The molecule has 3 N–H and O–H groups in total. The van der Waals surface area contributed by atoms with Gasteiger partial charge in [0.15, 0.2) is 0 Å². The van der Waals surface area contributed by atoms with E-state index >= 15 is 0 Å². The summed E-state index contributed by atoms with van der Waals surface area (Å²) in [6.07, 6.45) is -0.572. The number of aromatic nitrogens is 1. The van der Waals surface area contributed by atoms with E-state index in [9.17, 15) is 5.11 Å². The molecule has 1 aromatic heterocycles. The SMILES string of the molecule is CC(C)=C(CI)NCC(O)COc1cccc2[nH]c3ccccc3c12. The molecule has 2 aromatic carbocycles. The van der Waals surface area contributed by atoms with Crippen LogP contribution in [-0.4, -0.2) is 33.8 Å². The van der Waals surface area contributed by atoms with Gasteiger partial charge in [-0.05, 0) is 32.0 Å². The number of allylic oxidation sites excluding steroid dienone is 2. The number of nitrogens with one attached hydrogen (secondary N) is 2. The number of hydrogen-bond acceptors (Lipinski definition) is 3. The Labute approximate surface area is 161 Å². The maximum Gasteiger partial charge on any atom is 0.129 e. The quantitative estimate of drug-likeness (QED) is 0.370. The van der Waals surface area contributed by atoms with Crippen LogP contribution in [0.3, 0.4) is 0 Å². The molecule has 0 radical (unpaired) electrons. The van der Waals surface area contributed by atoms with Crippen molar-refractivity contribution >= 4 is 44.4 Å². The predicted octanol–water partition coefficient (Wildman–Crippen LogP) is 4.38. The number of aromatic amines is 1. The maximum atomic E-state index is 10.3. The zero-order chi connectivity index (χ0) is 17.8. The van der Waals surface area contributed by atoms with Crippen molar-refractivity contribution in [2.75, 3.05) is 17.6 Å². The number of aliphatic hydroxyl groups is 1. The van der Waals surface area contributed by atoms with Gasteiger partial charge in [0, 0.05) is 33.0 Å². The average Bonchev–Trinajstić information content (AvgIpc) is 2.99. The largest absolute Gasteiger partial charge is 0.490 e. The van der Waals surface area contributed by atoms with Crippen LogP contribution < -0.4 is 10.1 Å². The third kappa shape index (κ3) is 4.10. The van der Waals surface area contributed by atoms with Crippen LogP contribution in [0.1, 0.15) is 13.8 Å². The number of alkyl halides is 1. The molecule has 25 heavy (non-hydrogen) atoms. The van der Waals surface area contributed by atoms with Crippen LogP contribution in [0.4, 0.5) is 0 Å². The van der Waals surface area contributed by atoms with Crippen LogP contribution in [0.15, 0.2) is 53.7 Å². The van der Waals surface area contributed by atoms with Crippen molar-refractivity contribution in [2.45, 2.75) is 20.0 Å². The lowest BCUT2D eigenvalue weighted by Gasteiger charge is -2.16. The lowest BCUT2D eigenvalue weighted by molar-refractivity contribution is 0.109. The molecular formula is C20H23IN2O2. The van der Waals surface area contributed by atoms with E-state index in [4.69, 9.17) is 4.74 Å². The molecule has 5 heteroatoms. The first kappa shape index (κ1) is 18.1. The van der Waals surface area contributed by atoms with E-state index in [0.717, 1.165) is 32.0 Å². The molecular weight excluding hydrogens is 427 g/mol. The lowest BCUT2D eigenvalue weighted by Crippen LogP contribution is -2.31. The zero-order valence-electron chi connectivity index (χ0n) is 14.5. The van der Waals surface area contributed by atoms with Gasteiger partial charge in [-0.25, -0.2) is 0 Å². The van der Waals surface area contributed by atoms with E-state index < -0.39 is 6.10 Å². The Bertz CT molecular complexity index is 897. The molecule has 3 aromatic rings. The minimum absolute atomic E-state index is 0.253. The number of hydrogen-bond donors (Lipinski definition) is 3. The van der Waals surface area contributed by atoms with Gasteiger partial charge in [0.25, 0.3) is 0 Å². The summed E-state index contributed by atoms with van der Waals surface area (Å²) >= 11 is 2.32. The first-order chi connectivity index (χ1) is 12.1. The molecule has 3 rings (SSSR count). The Morgan fingerprint density at radius 1 is 1.16 bits per heavy atom. The highest BCUT2D eigenvalue weighted by Crippen LogP contribution is 2.32. The summed E-state index contributed by atoms with van der Waals surface area (Å²) in [6, 6.07) is 14.1. The first-order valence-electron chi connectivity index (χ1n) is 8.36. The summed E-state index contributed by atoms with van der Waals surface area (Å²) in [5, 5.41) is 15.8. The molecule has 1 unspecified atom stereocenters. The van der Waals surface area contributed by atoms with Crippen molar-refractivity contribution in [3.05, 3.63) is 53.7 Å². The van der Waals surface area contributed by atoms with E-state index in [1.165, 1.54) is 11.3 Å². The van der Waals surface area contributed by atoms with Crippen molar-refractivity contribution in [1.29, 1.82) is 0 Å². The van der Waals surface area contributed by atoms with Crippen LogP contribution in [0.2, 0.25) is 0 Å². The monoisotopic (exact) mass is 450 g/mol. The van der Waals surface area contributed by atoms with Crippen LogP contribution in [0.25, 0.3) is 21.8 Å². The Balaban J connectivity index is 1.72. The average molecular weight is 450 g/mol. The van der Waals surface area contributed by atoms with Gasteiger partial charge >= 0.3 is 0 Å². The summed E-state index contributed by atoms with van der Waals surface area (Å²) in [7, 11) is 0. The Hall–Kier alpha value is -1.73. The fraction of sp³-hybridized carbons (Fsp3) is 0.300. The lowest BCUT2D eigenvalue weighted by atomic mass is 10.1. The third-order valence-corrected chi connectivity index (χ3v) is 4.97.